The van der Waals surface area contributed by atoms with Gasteiger partial charge in [0, 0.05) is 7.11 Å². The minimum Gasteiger partial charge on any atom is -0.377 e. The largest absolute Gasteiger partial charge is 0.377 e. The molecule has 1 N–H and O–H groups in total. The molecule has 0 aromatic heterocycles. The first-order chi connectivity index (χ1) is 5.78. The fourth-order valence-corrected chi connectivity index (χ4v) is 2.82. The Morgan fingerprint density at radius 2 is 2.00 bits per heavy atom. The highest BCUT2D eigenvalue weighted by molar-refractivity contribution is 7.55. The second kappa shape index (κ2) is 5.17. The average Bonchev–Trinajstić information content (AvgIpc) is 2.02. The lowest BCUT2D eigenvalue weighted by Gasteiger charge is -2.25. The zero-order chi connectivity index (χ0) is 10.7. The Balaban J connectivity index is 4.67. The van der Waals surface area contributed by atoms with Crippen molar-refractivity contribution in [1.29, 1.82) is 0 Å². The van der Waals surface area contributed by atoms with E-state index in [2.05, 4.69) is 4.52 Å². The fraction of sp³-hybridized carbons (Fsp3) is 1.00. The Hall–Kier alpha value is 0.980. The molecule has 4 nitrogen and oxygen atoms in total. The van der Waals surface area contributed by atoms with Crippen molar-refractivity contribution in [3.8, 4) is 0 Å². The summed E-state index contributed by atoms with van der Waals surface area (Å²) in [5.74, 6) is -1.80. The quantitative estimate of drug-likeness (QED) is 0.630. The molecular weight excluding hydrogens is 261 g/mol. The summed E-state index contributed by atoms with van der Waals surface area (Å²) in [7, 11) is -2.65. The summed E-state index contributed by atoms with van der Waals surface area (Å²) in [6.45, 7) is 1.67. The van der Waals surface area contributed by atoms with E-state index in [1.165, 1.54) is 0 Å². The van der Waals surface area contributed by atoms with E-state index < -0.39 is 17.2 Å². The second-order valence-electron chi connectivity index (χ2n) is 2.06. The summed E-state index contributed by atoms with van der Waals surface area (Å²) in [4.78, 5) is 0. The third-order valence-electron chi connectivity index (χ3n) is 1.16. The van der Waals surface area contributed by atoms with Crippen molar-refractivity contribution in [1.82, 2.24) is 0 Å². The van der Waals surface area contributed by atoms with Crippen molar-refractivity contribution in [2.45, 2.75) is 16.6 Å². The smallest absolute Gasteiger partial charge is 0.363 e. The van der Waals surface area contributed by atoms with Crippen LogP contribution in [0.3, 0.4) is 0 Å². The van der Waals surface area contributed by atoms with Gasteiger partial charge in [-0.1, -0.05) is 34.8 Å². The Morgan fingerprint density at radius 3 is 2.23 bits per heavy atom. The van der Waals surface area contributed by atoms with E-state index in [1.54, 1.807) is 6.92 Å². The summed E-state index contributed by atoms with van der Waals surface area (Å²) in [5.41, 5.74) is 0. The van der Waals surface area contributed by atoms with Crippen LogP contribution in [0.1, 0.15) is 6.92 Å². The lowest BCUT2D eigenvalue weighted by atomic mass is 10.8. The monoisotopic (exact) mass is 270 g/mol. The minimum absolute atomic E-state index is 0.0862. The Kier molecular flexibility index (Phi) is 5.56. The first-order valence-corrected chi connectivity index (χ1v) is 6.07. The molecule has 2 atom stereocenters. The van der Waals surface area contributed by atoms with Crippen LogP contribution in [0.4, 0.5) is 0 Å². The molecule has 0 aromatic rings. The summed E-state index contributed by atoms with van der Waals surface area (Å²) < 4.78 is 18.7. The van der Waals surface area contributed by atoms with Gasteiger partial charge in [-0.2, -0.15) is 0 Å². The van der Waals surface area contributed by atoms with Crippen LogP contribution in [-0.2, 0) is 13.6 Å². The van der Waals surface area contributed by atoms with E-state index >= 15 is 0 Å². The average molecular weight is 271 g/mol. The third-order valence-corrected chi connectivity index (χ3v) is 4.35. The molecule has 0 aliphatic carbocycles. The van der Waals surface area contributed by atoms with Crippen LogP contribution in [0.25, 0.3) is 0 Å². The van der Waals surface area contributed by atoms with Crippen molar-refractivity contribution in [2.24, 2.45) is 0 Å². The molecule has 0 heterocycles. The molecule has 0 fully saturated rings. The number of halogens is 3. The fourth-order valence-electron chi connectivity index (χ4n) is 0.582. The van der Waals surface area contributed by atoms with Crippen molar-refractivity contribution < 1.29 is 18.7 Å². The van der Waals surface area contributed by atoms with Crippen LogP contribution in [-0.4, -0.2) is 28.5 Å². The van der Waals surface area contributed by atoms with Gasteiger partial charge in [0.15, 0.2) is 0 Å². The van der Waals surface area contributed by atoms with E-state index in [1.807, 2.05) is 0 Å². The molecule has 0 aliphatic heterocycles. The van der Waals surface area contributed by atoms with Crippen molar-refractivity contribution in [2.75, 3.05) is 13.7 Å². The van der Waals surface area contributed by atoms with Gasteiger partial charge in [-0.3, -0.25) is 4.57 Å². The van der Waals surface area contributed by atoms with E-state index in [-0.39, 0.29) is 6.61 Å². The number of rotatable bonds is 4. The Morgan fingerprint density at radius 1 is 1.54 bits per heavy atom. The van der Waals surface area contributed by atoms with Gasteiger partial charge in [0.05, 0.1) is 6.61 Å². The van der Waals surface area contributed by atoms with Crippen LogP contribution in [0.5, 0.6) is 0 Å². The van der Waals surface area contributed by atoms with Crippen molar-refractivity contribution >= 4 is 42.4 Å². The molecule has 0 saturated carbocycles. The molecule has 0 bridgehead atoms. The van der Waals surface area contributed by atoms with Gasteiger partial charge in [0.2, 0.25) is 9.64 Å². The zero-order valence-corrected chi connectivity index (χ0v) is 10.2. The first-order valence-electron chi connectivity index (χ1n) is 3.32. The highest BCUT2D eigenvalue weighted by Gasteiger charge is 2.47. The maximum Gasteiger partial charge on any atom is 0.363 e. The minimum atomic E-state index is -3.75. The molecule has 0 aliphatic rings. The van der Waals surface area contributed by atoms with E-state index in [0.717, 1.165) is 7.11 Å². The van der Waals surface area contributed by atoms with Crippen LogP contribution in [0.2, 0.25) is 0 Å². The molecule has 13 heavy (non-hydrogen) atoms. The Labute approximate surface area is 91.6 Å². The number of aliphatic hydroxyl groups excluding tert-OH is 1. The first kappa shape index (κ1) is 14.0. The summed E-state index contributed by atoms with van der Waals surface area (Å²) in [6.07, 6.45) is 0. The number of hydrogen-bond acceptors (Lipinski definition) is 4. The molecular formula is C5H10Cl3O4P. The van der Waals surface area contributed by atoms with Gasteiger partial charge in [-0.25, -0.2) is 0 Å². The van der Waals surface area contributed by atoms with Crippen LogP contribution in [0.15, 0.2) is 0 Å². The van der Waals surface area contributed by atoms with Crippen LogP contribution >= 0.6 is 42.4 Å². The molecule has 80 valence electrons. The lowest BCUT2D eigenvalue weighted by molar-refractivity contribution is 0.163. The molecule has 0 aromatic carbocycles. The predicted molar refractivity (Wildman–Crippen MR) is 52.5 cm³/mol. The normalized spacial score (nSPS) is 19.5. The van der Waals surface area contributed by atoms with Gasteiger partial charge >= 0.3 is 7.60 Å². The van der Waals surface area contributed by atoms with Crippen molar-refractivity contribution in [3.05, 3.63) is 0 Å². The van der Waals surface area contributed by atoms with Gasteiger partial charge in [0.25, 0.3) is 0 Å². The van der Waals surface area contributed by atoms with E-state index in [0.29, 0.717) is 0 Å². The van der Waals surface area contributed by atoms with Crippen LogP contribution < -0.4 is 0 Å². The molecule has 2 unspecified atom stereocenters. The van der Waals surface area contributed by atoms with Crippen LogP contribution in [0, 0.1) is 0 Å². The molecule has 0 amide bonds. The summed E-state index contributed by atoms with van der Waals surface area (Å²) in [5, 5.41) is 9.33. The highest BCUT2D eigenvalue weighted by atomic mass is 35.6. The number of alkyl halides is 3. The molecule has 0 rings (SSSR count). The molecule has 0 saturated heterocycles. The SMILES string of the molecule is CCOP(=O)(OC)C(O)C(Cl)(Cl)Cl. The highest BCUT2D eigenvalue weighted by Crippen LogP contribution is 2.58. The third kappa shape index (κ3) is 3.92. The molecule has 8 heteroatoms. The van der Waals surface area contributed by atoms with Gasteiger partial charge in [-0.15, -0.1) is 0 Å². The van der Waals surface area contributed by atoms with E-state index in [9.17, 15) is 9.67 Å². The topological polar surface area (TPSA) is 55.8 Å². The van der Waals surface area contributed by atoms with E-state index in [4.69, 9.17) is 39.3 Å². The molecule has 0 radical (unpaired) electrons. The van der Waals surface area contributed by atoms with Crippen molar-refractivity contribution in [3.63, 3.8) is 0 Å². The van der Waals surface area contributed by atoms with Gasteiger partial charge in [0.1, 0.15) is 0 Å². The predicted octanol–water partition coefficient (Wildman–Crippen LogP) is 2.55. The second-order valence-corrected chi connectivity index (χ2v) is 6.62. The Bertz CT molecular complexity index is 204. The maximum absolute atomic E-state index is 11.6. The summed E-state index contributed by atoms with van der Waals surface area (Å²) in [6, 6.07) is 0. The number of aliphatic hydroxyl groups is 1. The van der Waals surface area contributed by atoms with Gasteiger partial charge < -0.3 is 14.2 Å². The molecule has 0 spiro atoms. The standard InChI is InChI=1S/C5H10Cl3O4P/c1-3-12-13(10,11-2)4(9)5(6,7)8/h4,9H,3H2,1-2H3. The lowest BCUT2D eigenvalue weighted by Crippen LogP contribution is -2.26. The summed E-state index contributed by atoms with van der Waals surface area (Å²) >= 11 is 16.0. The maximum atomic E-state index is 11.6. The van der Waals surface area contributed by atoms with Gasteiger partial charge in [-0.05, 0) is 6.92 Å². The zero-order valence-electron chi connectivity index (χ0n) is 7.04. The number of hydrogen-bond donors (Lipinski definition) is 1.